The normalized spacial score (nSPS) is 14.8. The maximum absolute atomic E-state index is 13.1. The van der Waals surface area contributed by atoms with Crippen LogP contribution in [0.5, 0.6) is 5.75 Å². The molecule has 7 heteroatoms. The summed E-state index contributed by atoms with van der Waals surface area (Å²) in [6.45, 7) is 6.00. The van der Waals surface area contributed by atoms with Crippen molar-refractivity contribution in [1.29, 1.82) is 0 Å². The predicted octanol–water partition coefficient (Wildman–Crippen LogP) is 2.98. The van der Waals surface area contributed by atoms with Gasteiger partial charge in [-0.3, -0.25) is 9.59 Å². The zero-order chi connectivity index (χ0) is 20.8. The Hall–Kier alpha value is -3.06. The highest BCUT2D eigenvalue weighted by Gasteiger charge is 2.21. The molecule has 0 aromatic heterocycles. The summed E-state index contributed by atoms with van der Waals surface area (Å²) in [5, 5.41) is 5.85. The lowest BCUT2D eigenvalue weighted by molar-refractivity contribution is -0.114. The third kappa shape index (κ3) is 5.26. The minimum absolute atomic E-state index is 0.150. The number of ether oxygens (including phenoxy) is 2. The van der Waals surface area contributed by atoms with Gasteiger partial charge in [0.05, 0.1) is 37.6 Å². The lowest BCUT2D eigenvalue weighted by Crippen LogP contribution is -2.38. The first kappa shape index (κ1) is 20.7. The number of anilines is 2. The third-order valence-corrected chi connectivity index (χ3v) is 4.88. The molecular formula is C22H27N3O4. The number of benzene rings is 2. The van der Waals surface area contributed by atoms with E-state index < -0.39 is 0 Å². The van der Waals surface area contributed by atoms with Gasteiger partial charge in [-0.15, -0.1) is 0 Å². The fraction of sp³-hybridized carbons (Fsp3) is 0.364. The van der Waals surface area contributed by atoms with E-state index in [1.807, 2.05) is 37.3 Å². The number of carbonyl (C=O) groups excluding carboxylic acids is 2. The fourth-order valence-electron chi connectivity index (χ4n) is 3.32. The number of rotatable bonds is 6. The van der Waals surface area contributed by atoms with Crippen molar-refractivity contribution in [2.24, 2.45) is 0 Å². The van der Waals surface area contributed by atoms with Crippen LogP contribution >= 0.6 is 0 Å². The smallest absolute Gasteiger partial charge is 0.253 e. The lowest BCUT2D eigenvalue weighted by atomic mass is 10.1. The second-order valence-corrected chi connectivity index (χ2v) is 6.98. The molecule has 0 aliphatic carbocycles. The van der Waals surface area contributed by atoms with Gasteiger partial charge in [0, 0.05) is 25.7 Å². The Morgan fingerprint density at radius 1 is 1.10 bits per heavy atom. The Labute approximate surface area is 171 Å². The quantitative estimate of drug-likeness (QED) is 0.783. The second kappa shape index (κ2) is 9.43. The molecule has 1 aliphatic rings. The summed E-state index contributed by atoms with van der Waals surface area (Å²) in [5.74, 6) is 0.461. The molecule has 0 spiro atoms. The molecule has 2 amide bonds. The van der Waals surface area contributed by atoms with Crippen molar-refractivity contribution in [2.45, 2.75) is 19.9 Å². The molecule has 1 saturated heterocycles. The summed E-state index contributed by atoms with van der Waals surface area (Å²) in [6.07, 6.45) is 0. The van der Waals surface area contributed by atoms with Crippen molar-refractivity contribution in [2.75, 3.05) is 43.6 Å². The summed E-state index contributed by atoms with van der Waals surface area (Å²) in [5.41, 5.74) is 3.01. The molecule has 29 heavy (non-hydrogen) atoms. The Kier molecular flexibility index (Phi) is 6.72. The topological polar surface area (TPSA) is 79.9 Å². The summed E-state index contributed by atoms with van der Waals surface area (Å²) >= 11 is 0. The SMILES string of the molecule is COc1ccc([C@@H](C)NC(=O)c2ccc(NC(C)=O)cc2N2CCOCC2)cc1. The van der Waals surface area contributed by atoms with Crippen LogP contribution in [0.2, 0.25) is 0 Å². The van der Waals surface area contributed by atoms with Crippen LogP contribution in [-0.4, -0.2) is 45.2 Å². The molecule has 1 aliphatic heterocycles. The van der Waals surface area contributed by atoms with E-state index in [2.05, 4.69) is 15.5 Å². The monoisotopic (exact) mass is 397 g/mol. The molecule has 0 radical (unpaired) electrons. The Bertz CT molecular complexity index is 861. The summed E-state index contributed by atoms with van der Waals surface area (Å²) in [7, 11) is 1.62. The van der Waals surface area contributed by atoms with E-state index in [-0.39, 0.29) is 17.9 Å². The van der Waals surface area contributed by atoms with Crippen molar-refractivity contribution in [3.63, 3.8) is 0 Å². The van der Waals surface area contributed by atoms with E-state index in [4.69, 9.17) is 9.47 Å². The highest BCUT2D eigenvalue weighted by atomic mass is 16.5. The molecule has 154 valence electrons. The molecule has 0 saturated carbocycles. The summed E-state index contributed by atoms with van der Waals surface area (Å²) in [6, 6.07) is 12.8. The molecule has 2 N–H and O–H groups in total. The number of carbonyl (C=O) groups is 2. The molecule has 7 nitrogen and oxygen atoms in total. The summed E-state index contributed by atoms with van der Waals surface area (Å²) in [4.78, 5) is 26.6. The molecule has 1 fully saturated rings. The average Bonchev–Trinajstić information content (AvgIpc) is 2.73. The second-order valence-electron chi connectivity index (χ2n) is 6.98. The van der Waals surface area contributed by atoms with Crippen LogP contribution in [0, 0.1) is 0 Å². The van der Waals surface area contributed by atoms with Crippen molar-refractivity contribution >= 4 is 23.2 Å². The maximum atomic E-state index is 13.1. The minimum atomic E-state index is -0.166. The lowest BCUT2D eigenvalue weighted by Gasteiger charge is -2.31. The van der Waals surface area contributed by atoms with E-state index in [0.29, 0.717) is 37.6 Å². The standard InChI is InChI=1S/C22H27N3O4/c1-15(17-4-7-19(28-3)8-5-17)23-22(27)20-9-6-18(24-16(2)26)14-21(20)25-10-12-29-13-11-25/h4-9,14-15H,10-13H2,1-3H3,(H,23,27)(H,24,26)/t15-/m1/s1. The Balaban J connectivity index is 1.82. The van der Waals surface area contributed by atoms with Gasteiger partial charge >= 0.3 is 0 Å². The van der Waals surface area contributed by atoms with Crippen LogP contribution in [0.1, 0.15) is 35.8 Å². The van der Waals surface area contributed by atoms with Crippen LogP contribution in [-0.2, 0) is 9.53 Å². The summed E-state index contributed by atoms with van der Waals surface area (Å²) < 4.78 is 10.6. The van der Waals surface area contributed by atoms with Crippen molar-refractivity contribution in [3.05, 3.63) is 53.6 Å². The molecule has 0 bridgehead atoms. The van der Waals surface area contributed by atoms with Crippen LogP contribution in [0.25, 0.3) is 0 Å². The van der Waals surface area contributed by atoms with Crippen molar-refractivity contribution < 1.29 is 19.1 Å². The van der Waals surface area contributed by atoms with Crippen molar-refractivity contribution in [3.8, 4) is 5.75 Å². The third-order valence-electron chi connectivity index (χ3n) is 4.88. The molecule has 2 aromatic carbocycles. The number of hydrogen-bond donors (Lipinski definition) is 2. The van der Waals surface area contributed by atoms with E-state index in [0.717, 1.165) is 17.0 Å². The number of methoxy groups -OCH3 is 1. The molecular weight excluding hydrogens is 370 g/mol. The predicted molar refractivity (Wildman–Crippen MR) is 113 cm³/mol. The van der Waals surface area contributed by atoms with Gasteiger partial charge < -0.3 is 25.0 Å². The highest BCUT2D eigenvalue weighted by Crippen LogP contribution is 2.27. The number of amides is 2. The van der Waals surface area contributed by atoms with Gasteiger partial charge in [0.15, 0.2) is 0 Å². The van der Waals surface area contributed by atoms with Gasteiger partial charge in [-0.2, -0.15) is 0 Å². The first-order valence-electron chi connectivity index (χ1n) is 9.67. The number of nitrogens with zero attached hydrogens (tertiary/aromatic N) is 1. The van der Waals surface area contributed by atoms with Gasteiger partial charge in [0.25, 0.3) is 5.91 Å². The largest absolute Gasteiger partial charge is 0.497 e. The molecule has 1 heterocycles. The van der Waals surface area contributed by atoms with Gasteiger partial charge in [-0.1, -0.05) is 12.1 Å². The van der Waals surface area contributed by atoms with Crippen LogP contribution in [0.4, 0.5) is 11.4 Å². The van der Waals surface area contributed by atoms with E-state index in [1.165, 1.54) is 6.92 Å². The average molecular weight is 397 g/mol. The number of nitrogens with one attached hydrogen (secondary N) is 2. The molecule has 0 unspecified atom stereocenters. The van der Waals surface area contributed by atoms with E-state index >= 15 is 0 Å². The highest BCUT2D eigenvalue weighted by molar-refractivity contribution is 6.01. The van der Waals surface area contributed by atoms with Crippen LogP contribution in [0.15, 0.2) is 42.5 Å². The first-order valence-corrected chi connectivity index (χ1v) is 9.67. The molecule has 3 rings (SSSR count). The zero-order valence-corrected chi connectivity index (χ0v) is 17.0. The zero-order valence-electron chi connectivity index (χ0n) is 17.0. The minimum Gasteiger partial charge on any atom is -0.497 e. The Morgan fingerprint density at radius 2 is 1.79 bits per heavy atom. The Morgan fingerprint density at radius 3 is 2.41 bits per heavy atom. The van der Waals surface area contributed by atoms with Gasteiger partial charge in [0.2, 0.25) is 5.91 Å². The van der Waals surface area contributed by atoms with Gasteiger partial charge in [-0.25, -0.2) is 0 Å². The van der Waals surface area contributed by atoms with Crippen molar-refractivity contribution in [1.82, 2.24) is 5.32 Å². The first-order chi connectivity index (χ1) is 14.0. The fourth-order valence-corrected chi connectivity index (χ4v) is 3.32. The van der Waals surface area contributed by atoms with Crippen LogP contribution < -0.4 is 20.3 Å². The van der Waals surface area contributed by atoms with E-state index in [1.54, 1.807) is 19.2 Å². The number of hydrogen-bond acceptors (Lipinski definition) is 5. The molecule has 1 atom stereocenters. The number of morpholine rings is 1. The molecule has 2 aromatic rings. The van der Waals surface area contributed by atoms with Gasteiger partial charge in [-0.05, 0) is 42.8 Å². The van der Waals surface area contributed by atoms with Gasteiger partial charge in [0.1, 0.15) is 5.75 Å². The maximum Gasteiger partial charge on any atom is 0.253 e. The van der Waals surface area contributed by atoms with E-state index in [9.17, 15) is 9.59 Å². The van der Waals surface area contributed by atoms with Crippen LogP contribution in [0.3, 0.4) is 0 Å².